The fourth-order valence-corrected chi connectivity index (χ4v) is 4.38. The maximum absolute atomic E-state index is 12.6. The van der Waals surface area contributed by atoms with Crippen LogP contribution in [-0.2, 0) is 12.8 Å². The summed E-state index contributed by atoms with van der Waals surface area (Å²) in [5, 5.41) is 6.94. The molecule has 6 nitrogen and oxygen atoms in total. The zero-order chi connectivity index (χ0) is 17.4. The normalized spacial score (nSPS) is 12.7. The fourth-order valence-electron chi connectivity index (χ4n) is 2.60. The zero-order valence-corrected chi connectivity index (χ0v) is 15.4. The van der Waals surface area contributed by atoms with E-state index < -0.39 is 0 Å². The number of furan rings is 1. The predicted octanol–water partition coefficient (Wildman–Crippen LogP) is 3.97. The average Bonchev–Trinajstić information content (AvgIpc) is 3.32. The smallest absolute Gasteiger partial charge is 0.260 e. The van der Waals surface area contributed by atoms with Crippen LogP contribution in [0.3, 0.4) is 0 Å². The van der Waals surface area contributed by atoms with E-state index >= 15 is 0 Å². The molecule has 0 aliphatic rings. The van der Waals surface area contributed by atoms with Crippen molar-refractivity contribution in [3.8, 4) is 11.3 Å². The molecule has 4 rings (SSSR count). The molecule has 0 fully saturated rings. The molecule has 0 saturated carbocycles. The Kier molecular flexibility index (Phi) is 4.22. The first-order valence-corrected chi connectivity index (χ1v) is 9.70. The number of rotatable bonds is 5. The maximum atomic E-state index is 12.6. The van der Waals surface area contributed by atoms with Gasteiger partial charge in [-0.25, -0.2) is 4.98 Å². The van der Waals surface area contributed by atoms with Crippen molar-refractivity contribution in [2.45, 2.75) is 17.9 Å². The summed E-state index contributed by atoms with van der Waals surface area (Å²) in [5.74, 6) is 2.14. The standard InChI is InChI=1S/C17H16N4O2S2/c1-10(24-8-11-5-6-21(2)20-11)15-18-16(22)14-12(9-25-17(14)19-15)13-4-3-7-23-13/h3-7,9-10H,8H2,1-2H3,(H,18,19,22). The van der Waals surface area contributed by atoms with Gasteiger partial charge >= 0.3 is 0 Å². The molecule has 0 aromatic carbocycles. The summed E-state index contributed by atoms with van der Waals surface area (Å²) in [4.78, 5) is 20.9. The van der Waals surface area contributed by atoms with Crippen molar-refractivity contribution in [3.05, 3.63) is 57.9 Å². The lowest BCUT2D eigenvalue weighted by Gasteiger charge is -2.09. The highest BCUT2D eigenvalue weighted by atomic mass is 32.2. The summed E-state index contributed by atoms with van der Waals surface area (Å²) < 4.78 is 7.21. The summed E-state index contributed by atoms with van der Waals surface area (Å²) in [7, 11) is 1.90. The number of hydrogen-bond donors (Lipinski definition) is 1. The molecule has 4 heterocycles. The highest BCUT2D eigenvalue weighted by Crippen LogP contribution is 2.33. The van der Waals surface area contributed by atoms with Crippen LogP contribution in [0.4, 0.5) is 0 Å². The molecule has 4 aromatic heterocycles. The van der Waals surface area contributed by atoms with E-state index in [0.717, 1.165) is 21.8 Å². The molecule has 25 heavy (non-hydrogen) atoms. The van der Waals surface area contributed by atoms with Gasteiger partial charge in [0.05, 0.1) is 22.6 Å². The molecule has 1 unspecified atom stereocenters. The lowest BCUT2D eigenvalue weighted by molar-refractivity contribution is 0.583. The van der Waals surface area contributed by atoms with Gasteiger partial charge in [0.15, 0.2) is 0 Å². The van der Waals surface area contributed by atoms with Gasteiger partial charge in [-0.1, -0.05) is 0 Å². The van der Waals surface area contributed by atoms with Gasteiger partial charge in [0.1, 0.15) is 16.4 Å². The zero-order valence-electron chi connectivity index (χ0n) is 13.7. The Balaban J connectivity index is 1.61. The highest BCUT2D eigenvalue weighted by molar-refractivity contribution is 7.98. The van der Waals surface area contributed by atoms with Crippen LogP contribution in [0.1, 0.15) is 23.7 Å². The monoisotopic (exact) mass is 372 g/mol. The van der Waals surface area contributed by atoms with Gasteiger partial charge in [-0.2, -0.15) is 5.10 Å². The minimum Gasteiger partial charge on any atom is -0.464 e. The van der Waals surface area contributed by atoms with E-state index in [1.54, 1.807) is 22.7 Å². The van der Waals surface area contributed by atoms with E-state index in [0.29, 0.717) is 17.0 Å². The lowest BCUT2D eigenvalue weighted by Crippen LogP contribution is -2.12. The Hall–Kier alpha value is -2.32. The Morgan fingerprint density at radius 3 is 3.04 bits per heavy atom. The van der Waals surface area contributed by atoms with Crippen LogP contribution in [-0.4, -0.2) is 19.7 Å². The van der Waals surface area contributed by atoms with Crippen molar-refractivity contribution in [2.24, 2.45) is 7.05 Å². The Morgan fingerprint density at radius 2 is 2.32 bits per heavy atom. The molecule has 128 valence electrons. The van der Waals surface area contributed by atoms with E-state index in [9.17, 15) is 4.79 Å². The predicted molar refractivity (Wildman–Crippen MR) is 101 cm³/mol. The minimum atomic E-state index is -0.127. The number of aromatic amines is 1. The minimum absolute atomic E-state index is 0.0632. The summed E-state index contributed by atoms with van der Waals surface area (Å²) in [6.07, 6.45) is 3.53. The maximum Gasteiger partial charge on any atom is 0.260 e. The van der Waals surface area contributed by atoms with Crippen LogP contribution in [0.15, 0.2) is 45.3 Å². The molecule has 0 aliphatic carbocycles. The van der Waals surface area contributed by atoms with Gasteiger partial charge < -0.3 is 9.40 Å². The second kappa shape index (κ2) is 6.53. The Labute approximate surface area is 151 Å². The van der Waals surface area contributed by atoms with Gasteiger partial charge in [0.2, 0.25) is 0 Å². The van der Waals surface area contributed by atoms with Gasteiger partial charge in [-0.15, -0.1) is 23.1 Å². The molecular formula is C17H16N4O2S2. The molecule has 0 radical (unpaired) electrons. The molecule has 0 aliphatic heterocycles. The average molecular weight is 372 g/mol. The third-order valence-corrected chi connectivity index (χ3v) is 5.94. The van der Waals surface area contributed by atoms with Gasteiger partial charge in [-0.3, -0.25) is 9.48 Å². The Bertz CT molecular complexity index is 1060. The number of nitrogens with one attached hydrogen (secondary N) is 1. The van der Waals surface area contributed by atoms with Gasteiger partial charge in [0, 0.05) is 29.9 Å². The second-order valence-corrected chi connectivity index (χ2v) is 7.88. The molecule has 0 saturated heterocycles. The number of aromatic nitrogens is 4. The summed E-state index contributed by atoms with van der Waals surface area (Å²) in [5.41, 5.74) is 1.68. The van der Waals surface area contributed by atoms with E-state index in [1.165, 1.54) is 11.3 Å². The number of aryl methyl sites for hydroxylation is 1. The van der Waals surface area contributed by atoms with Crippen LogP contribution in [0, 0.1) is 0 Å². The number of H-pyrrole nitrogens is 1. The van der Waals surface area contributed by atoms with Crippen LogP contribution in [0.5, 0.6) is 0 Å². The van der Waals surface area contributed by atoms with Crippen molar-refractivity contribution in [1.29, 1.82) is 0 Å². The number of fused-ring (bicyclic) bond motifs is 1. The van der Waals surface area contributed by atoms with Crippen LogP contribution < -0.4 is 5.56 Å². The van der Waals surface area contributed by atoms with Crippen molar-refractivity contribution in [1.82, 2.24) is 19.7 Å². The largest absolute Gasteiger partial charge is 0.464 e. The number of nitrogens with zero attached hydrogens (tertiary/aromatic N) is 3. The van der Waals surface area contributed by atoms with Crippen molar-refractivity contribution < 1.29 is 4.42 Å². The van der Waals surface area contributed by atoms with E-state index in [4.69, 9.17) is 4.42 Å². The molecule has 8 heteroatoms. The SMILES string of the molecule is CC(SCc1ccn(C)n1)c1nc2scc(-c3ccco3)c2c(=O)[nH]1. The molecule has 0 spiro atoms. The van der Waals surface area contributed by atoms with Crippen molar-refractivity contribution in [2.75, 3.05) is 0 Å². The van der Waals surface area contributed by atoms with E-state index in [-0.39, 0.29) is 10.8 Å². The van der Waals surface area contributed by atoms with Crippen LogP contribution in [0.2, 0.25) is 0 Å². The van der Waals surface area contributed by atoms with Gasteiger partial charge in [0.25, 0.3) is 5.56 Å². The van der Waals surface area contributed by atoms with Crippen molar-refractivity contribution in [3.63, 3.8) is 0 Å². The second-order valence-electron chi connectivity index (χ2n) is 5.69. The molecule has 1 N–H and O–H groups in total. The van der Waals surface area contributed by atoms with Crippen molar-refractivity contribution >= 4 is 33.3 Å². The quantitative estimate of drug-likeness (QED) is 0.573. The lowest BCUT2D eigenvalue weighted by atomic mass is 10.2. The number of thioether (sulfide) groups is 1. The molecular weight excluding hydrogens is 356 g/mol. The molecule has 0 bridgehead atoms. The van der Waals surface area contributed by atoms with Crippen LogP contribution in [0.25, 0.3) is 21.5 Å². The first kappa shape index (κ1) is 16.2. The highest BCUT2D eigenvalue weighted by Gasteiger charge is 2.17. The Morgan fingerprint density at radius 1 is 1.44 bits per heavy atom. The number of hydrogen-bond acceptors (Lipinski definition) is 6. The third-order valence-electron chi connectivity index (χ3n) is 3.88. The first-order valence-electron chi connectivity index (χ1n) is 7.77. The molecule has 4 aromatic rings. The third kappa shape index (κ3) is 3.14. The van der Waals surface area contributed by atoms with Crippen LogP contribution >= 0.6 is 23.1 Å². The first-order chi connectivity index (χ1) is 12.1. The summed E-state index contributed by atoms with van der Waals surface area (Å²) in [6.45, 7) is 2.04. The summed E-state index contributed by atoms with van der Waals surface area (Å²) in [6, 6.07) is 5.65. The topological polar surface area (TPSA) is 76.7 Å². The molecule has 1 atom stereocenters. The van der Waals surface area contributed by atoms with E-state index in [1.807, 2.05) is 43.7 Å². The van der Waals surface area contributed by atoms with E-state index in [2.05, 4.69) is 15.1 Å². The fraction of sp³-hybridized carbons (Fsp3) is 0.235. The number of thiophene rings is 1. The molecule has 0 amide bonds. The summed E-state index contributed by atoms with van der Waals surface area (Å²) >= 11 is 3.16. The van der Waals surface area contributed by atoms with Gasteiger partial charge in [-0.05, 0) is 25.1 Å².